The standard InChI is InChI=1S/C14H20N4OS2/c1-9-7-20-12(16-9)10-11(15)17-21-13(10)18-6-4-5-14(2,8-18)19-3/h7H,4-6,8H2,1-3H3,(H2,15,17). The smallest absolute Gasteiger partial charge is 0.149 e. The van der Waals surface area contributed by atoms with Gasteiger partial charge in [0.1, 0.15) is 15.8 Å². The van der Waals surface area contributed by atoms with Gasteiger partial charge in [-0.1, -0.05) is 0 Å². The van der Waals surface area contributed by atoms with Gasteiger partial charge < -0.3 is 15.4 Å². The van der Waals surface area contributed by atoms with Gasteiger partial charge in [0.25, 0.3) is 0 Å². The Hall–Kier alpha value is -1.18. The van der Waals surface area contributed by atoms with E-state index in [-0.39, 0.29) is 5.60 Å². The SMILES string of the molecule is COC1(C)CCCN(c2snc(N)c2-c2nc(C)cs2)C1. The number of nitrogen functional groups attached to an aromatic ring is 1. The van der Waals surface area contributed by atoms with E-state index in [9.17, 15) is 0 Å². The lowest BCUT2D eigenvalue weighted by Crippen LogP contribution is -2.47. The Bertz CT molecular complexity index is 639. The molecule has 1 atom stereocenters. The maximum absolute atomic E-state index is 6.10. The fourth-order valence-electron chi connectivity index (χ4n) is 2.72. The molecule has 1 saturated heterocycles. The highest BCUT2D eigenvalue weighted by Gasteiger charge is 2.33. The minimum Gasteiger partial charge on any atom is -0.382 e. The molecule has 1 unspecified atom stereocenters. The average molecular weight is 324 g/mol. The van der Waals surface area contributed by atoms with Crippen molar-refractivity contribution < 1.29 is 4.74 Å². The molecule has 0 saturated carbocycles. The average Bonchev–Trinajstić information content (AvgIpc) is 3.05. The van der Waals surface area contributed by atoms with Gasteiger partial charge in [0.15, 0.2) is 0 Å². The Labute approximate surface area is 132 Å². The van der Waals surface area contributed by atoms with Crippen molar-refractivity contribution in [2.45, 2.75) is 32.3 Å². The van der Waals surface area contributed by atoms with Crippen LogP contribution in [-0.4, -0.2) is 35.2 Å². The van der Waals surface area contributed by atoms with Gasteiger partial charge in [-0.25, -0.2) is 4.98 Å². The first-order valence-electron chi connectivity index (χ1n) is 7.00. The second-order valence-electron chi connectivity index (χ2n) is 5.72. The van der Waals surface area contributed by atoms with Crippen LogP contribution in [-0.2, 0) is 4.74 Å². The van der Waals surface area contributed by atoms with E-state index in [0.29, 0.717) is 5.82 Å². The van der Waals surface area contributed by atoms with Crippen molar-refractivity contribution in [2.75, 3.05) is 30.8 Å². The van der Waals surface area contributed by atoms with Gasteiger partial charge >= 0.3 is 0 Å². The van der Waals surface area contributed by atoms with Crippen molar-refractivity contribution in [2.24, 2.45) is 0 Å². The Morgan fingerprint density at radius 1 is 1.48 bits per heavy atom. The molecule has 2 aromatic heterocycles. The maximum Gasteiger partial charge on any atom is 0.149 e. The Morgan fingerprint density at radius 2 is 2.29 bits per heavy atom. The molecule has 5 nitrogen and oxygen atoms in total. The molecule has 7 heteroatoms. The lowest BCUT2D eigenvalue weighted by molar-refractivity contribution is -0.00449. The van der Waals surface area contributed by atoms with Crippen LogP contribution in [0.3, 0.4) is 0 Å². The van der Waals surface area contributed by atoms with Crippen LogP contribution in [0.25, 0.3) is 10.6 Å². The van der Waals surface area contributed by atoms with Crippen LogP contribution in [0.4, 0.5) is 10.8 Å². The van der Waals surface area contributed by atoms with Crippen LogP contribution < -0.4 is 10.6 Å². The monoisotopic (exact) mass is 324 g/mol. The molecule has 0 spiro atoms. The van der Waals surface area contributed by atoms with E-state index in [4.69, 9.17) is 10.5 Å². The molecule has 2 N–H and O–H groups in total. The predicted octanol–water partition coefficient (Wildman–Crippen LogP) is 3.16. The van der Waals surface area contributed by atoms with Gasteiger partial charge in [-0.2, -0.15) is 4.37 Å². The van der Waals surface area contributed by atoms with Crippen LogP contribution in [0.15, 0.2) is 5.38 Å². The number of rotatable bonds is 3. The molecule has 0 aliphatic carbocycles. The molecular formula is C14H20N4OS2. The number of aromatic nitrogens is 2. The number of hydrogen-bond donors (Lipinski definition) is 1. The first-order chi connectivity index (χ1) is 10.0. The fourth-order valence-corrected chi connectivity index (χ4v) is 4.48. The van der Waals surface area contributed by atoms with Gasteiger partial charge in [-0.05, 0) is 38.2 Å². The third-order valence-electron chi connectivity index (χ3n) is 3.97. The van der Waals surface area contributed by atoms with Gasteiger partial charge in [0.05, 0.1) is 11.2 Å². The second kappa shape index (κ2) is 5.55. The normalized spacial score (nSPS) is 22.7. The van der Waals surface area contributed by atoms with Crippen molar-refractivity contribution in [3.05, 3.63) is 11.1 Å². The predicted molar refractivity (Wildman–Crippen MR) is 89.2 cm³/mol. The van der Waals surface area contributed by atoms with Crippen LogP contribution in [0.2, 0.25) is 0 Å². The van der Waals surface area contributed by atoms with E-state index in [0.717, 1.165) is 47.2 Å². The molecule has 3 heterocycles. The third-order valence-corrected chi connectivity index (χ3v) is 5.87. The topological polar surface area (TPSA) is 64.3 Å². The molecule has 2 aromatic rings. The van der Waals surface area contributed by atoms with Crippen LogP contribution in [0.5, 0.6) is 0 Å². The number of thiazole rings is 1. The number of methoxy groups -OCH3 is 1. The van der Waals surface area contributed by atoms with E-state index in [1.807, 2.05) is 12.3 Å². The van der Waals surface area contributed by atoms with Crippen molar-refractivity contribution in [3.8, 4) is 10.6 Å². The summed E-state index contributed by atoms with van der Waals surface area (Å²) in [5.41, 5.74) is 8.00. The van der Waals surface area contributed by atoms with Gasteiger partial charge in [0, 0.05) is 31.3 Å². The summed E-state index contributed by atoms with van der Waals surface area (Å²) in [7, 11) is 1.79. The molecular weight excluding hydrogens is 304 g/mol. The molecule has 1 aliphatic rings. The van der Waals surface area contributed by atoms with Gasteiger partial charge in [0.2, 0.25) is 0 Å². The largest absolute Gasteiger partial charge is 0.382 e. The summed E-state index contributed by atoms with van der Waals surface area (Å²) in [5, 5.41) is 4.12. The van der Waals surface area contributed by atoms with Gasteiger partial charge in [-0.3, -0.25) is 0 Å². The molecule has 0 amide bonds. The number of ether oxygens (including phenoxy) is 1. The Morgan fingerprint density at radius 3 is 2.95 bits per heavy atom. The molecule has 0 radical (unpaired) electrons. The first kappa shape index (κ1) is 14.7. The van der Waals surface area contributed by atoms with E-state index in [1.165, 1.54) is 11.5 Å². The molecule has 0 aromatic carbocycles. The number of piperidine rings is 1. The third kappa shape index (κ3) is 2.77. The van der Waals surface area contributed by atoms with Crippen LogP contribution in [0, 0.1) is 6.92 Å². The van der Waals surface area contributed by atoms with Gasteiger partial charge in [-0.15, -0.1) is 11.3 Å². The second-order valence-corrected chi connectivity index (χ2v) is 7.33. The van der Waals surface area contributed by atoms with E-state index >= 15 is 0 Å². The summed E-state index contributed by atoms with van der Waals surface area (Å²) in [6.45, 7) is 6.04. The molecule has 1 fully saturated rings. The lowest BCUT2D eigenvalue weighted by atomic mass is 9.95. The highest BCUT2D eigenvalue weighted by atomic mass is 32.1. The quantitative estimate of drug-likeness (QED) is 0.939. The number of nitrogens with zero attached hydrogens (tertiary/aromatic N) is 3. The summed E-state index contributed by atoms with van der Waals surface area (Å²) in [4.78, 5) is 6.91. The minimum absolute atomic E-state index is 0.104. The number of hydrogen-bond acceptors (Lipinski definition) is 7. The summed E-state index contributed by atoms with van der Waals surface area (Å²) < 4.78 is 10.0. The van der Waals surface area contributed by atoms with Crippen LogP contribution >= 0.6 is 22.9 Å². The zero-order valence-corrected chi connectivity index (χ0v) is 14.2. The highest BCUT2D eigenvalue weighted by molar-refractivity contribution is 7.15. The maximum atomic E-state index is 6.10. The van der Waals surface area contributed by atoms with Crippen molar-refractivity contribution in [3.63, 3.8) is 0 Å². The fraction of sp³-hybridized carbons (Fsp3) is 0.571. The summed E-state index contributed by atoms with van der Waals surface area (Å²) in [6.07, 6.45) is 2.19. The number of anilines is 2. The molecule has 1 aliphatic heterocycles. The molecule has 114 valence electrons. The van der Waals surface area contributed by atoms with Crippen molar-refractivity contribution in [1.29, 1.82) is 0 Å². The summed E-state index contributed by atoms with van der Waals surface area (Å²) in [5.74, 6) is 0.578. The Kier molecular flexibility index (Phi) is 3.90. The number of aryl methyl sites for hydroxylation is 1. The summed E-state index contributed by atoms with van der Waals surface area (Å²) in [6, 6.07) is 0. The van der Waals surface area contributed by atoms with E-state index < -0.39 is 0 Å². The zero-order chi connectivity index (χ0) is 15.0. The Balaban J connectivity index is 1.96. The van der Waals surface area contributed by atoms with E-state index in [2.05, 4.69) is 21.2 Å². The van der Waals surface area contributed by atoms with Crippen molar-refractivity contribution in [1.82, 2.24) is 9.36 Å². The highest BCUT2D eigenvalue weighted by Crippen LogP contribution is 2.42. The van der Waals surface area contributed by atoms with E-state index in [1.54, 1.807) is 18.4 Å². The zero-order valence-electron chi connectivity index (χ0n) is 12.5. The van der Waals surface area contributed by atoms with Crippen LogP contribution in [0.1, 0.15) is 25.5 Å². The minimum atomic E-state index is -0.104. The lowest BCUT2D eigenvalue weighted by Gasteiger charge is -2.40. The molecule has 0 bridgehead atoms. The molecule has 21 heavy (non-hydrogen) atoms. The summed E-state index contributed by atoms with van der Waals surface area (Å²) >= 11 is 3.08. The first-order valence-corrected chi connectivity index (χ1v) is 8.65. The molecule has 3 rings (SSSR count). The van der Waals surface area contributed by atoms with Crippen molar-refractivity contribution >= 4 is 33.7 Å². The number of nitrogens with two attached hydrogens (primary N) is 1.